The van der Waals surface area contributed by atoms with Crippen molar-refractivity contribution in [1.29, 1.82) is 0 Å². The second-order valence-corrected chi connectivity index (χ2v) is 12.4. The van der Waals surface area contributed by atoms with Gasteiger partial charge in [-0.25, -0.2) is 0 Å². The maximum absolute atomic E-state index is 2.76. The molecule has 2 atom stereocenters. The van der Waals surface area contributed by atoms with E-state index in [1.807, 2.05) is 0 Å². The Hall–Kier alpha value is 0. The van der Waals surface area contributed by atoms with Crippen molar-refractivity contribution >= 4 is 0 Å². The molecule has 0 heterocycles. The van der Waals surface area contributed by atoms with E-state index in [9.17, 15) is 0 Å². The van der Waals surface area contributed by atoms with E-state index < -0.39 is 0 Å². The first-order chi connectivity index (χ1) is 12.1. The van der Waals surface area contributed by atoms with Crippen molar-refractivity contribution in [3.8, 4) is 0 Å². The summed E-state index contributed by atoms with van der Waals surface area (Å²) in [6, 6.07) is 0. The van der Waals surface area contributed by atoms with Crippen LogP contribution in [0, 0.1) is 58.2 Å². The highest BCUT2D eigenvalue weighted by molar-refractivity contribution is 5.09. The number of rotatable bonds is 4. The summed E-state index contributed by atoms with van der Waals surface area (Å²) in [5, 5.41) is 0. The molecule has 0 amide bonds. The summed E-state index contributed by atoms with van der Waals surface area (Å²) in [6.45, 7) is 5.33. The normalized spacial score (nSPS) is 57.8. The second kappa shape index (κ2) is 5.29. The summed E-state index contributed by atoms with van der Waals surface area (Å²) in [5.74, 6) is 8.84. The van der Waals surface area contributed by atoms with Gasteiger partial charge in [-0.1, -0.05) is 20.3 Å². The zero-order chi connectivity index (χ0) is 16.8. The zero-order valence-corrected chi connectivity index (χ0v) is 16.8. The summed E-state index contributed by atoms with van der Waals surface area (Å²) in [6.07, 6.45) is 20.9. The smallest absolute Gasteiger partial charge is 0.0259 e. The highest BCUT2D eigenvalue weighted by Crippen LogP contribution is 2.69. The van der Waals surface area contributed by atoms with E-state index in [-0.39, 0.29) is 0 Å². The molecule has 25 heavy (non-hydrogen) atoms. The van der Waals surface area contributed by atoms with Gasteiger partial charge in [0.1, 0.15) is 0 Å². The quantitative estimate of drug-likeness (QED) is 0.513. The van der Waals surface area contributed by atoms with E-state index in [0.29, 0.717) is 0 Å². The molecule has 0 aliphatic heterocycles. The third-order valence-corrected chi connectivity index (χ3v) is 11.0. The molecule has 8 saturated carbocycles. The van der Waals surface area contributed by atoms with Crippen LogP contribution in [0.2, 0.25) is 0 Å². The minimum absolute atomic E-state index is 0.777. The van der Waals surface area contributed by atoms with Gasteiger partial charge in [-0.3, -0.25) is 0 Å². The molecular formula is C25H40. The van der Waals surface area contributed by atoms with Gasteiger partial charge in [0, 0.05) is 0 Å². The van der Waals surface area contributed by atoms with Crippen molar-refractivity contribution in [3.63, 3.8) is 0 Å². The third-order valence-electron chi connectivity index (χ3n) is 11.0. The van der Waals surface area contributed by atoms with Crippen molar-refractivity contribution in [2.24, 2.45) is 58.2 Å². The average molecular weight is 341 g/mol. The van der Waals surface area contributed by atoms with Crippen molar-refractivity contribution in [1.82, 2.24) is 0 Å². The molecule has 8 aliphatic carbocycles. The van der Waals surface area contributed by atoms with Crippen molar-refractivity contribution in [2.45, 2.75) is 97.3 Å². The molecule has 140 valence electrons. The van der Waals surface area contributed by atoms with E-state index in [0.717, 1.165) is 58.2 Å². The molecule has 8 fully saturated rings. The standard InChI is InChI=1S/C25H40/c1-3-23(25-13-20-7-21(14-25)9-22(8-20)15-25)16(2)24-10-17-4-18(11-24)6-19(5-17)12-24/h16-23H,3-15H2,1-2H3. The van der Waals surface area contributed by atoms with E-state index in [2.05, 4.69) is 13.8 Å². The summed E-state index contributed by atoms with van der Waals surface area (Å²) in [4.78, 5) is 0. The molecule has 0 N–H and O–H groups in total. The highest BCUT2D eigenvalue weighted by Gasteiger charge is 2.59. The molecule has 0 spiro atoms. The third kappa shape index (κ3) is 2.24. The lowest BCUT2D eigenvalue weighted by molar-refractivity contribution is -0.151. The maximum atomic E-state index is 2.76. The molecule has 0 saturated heterocycles. The summed E-state index contributed by atoms with van der Waals surface area (Å²) in [5.41, 5.74) is 1.56. The first-order valence-corrected chi connectivity index (χ1v) is 12.1. The van der Waals surface area contributed by atoms with E-state index in [4.69, 9.17) is 0 Å². The van der Waals surface area contributed by atoms with Gasteiger partial charge in [-0.05, 0) is 135 Å². The Morgan fingerprint density at radius 2 is 0.920 bits per heavy atom. The molecular weight excluding hydrogens is 300 g/mol. The van der Waals surface area contributed by atoms with Crippen LogP contribution in [-0.2, 0) is 0 Å². The van der Waals surface area contributed by atoms with Gasteiger partial charge < -0.3 is 0 Å². The van der Waals surface area contributed by atoms with Crippen LogP contribution in [0.3, 0.4) is 0 Å². The van der Waals surface area contributed by atoms with Gasteiger partial charge in [0.15, 0.2) is 0 Å². The first-order valence-electron chi connectivity index (χ1n) is 12.1. The first kappa shape index (κ1) is 16.0. The van der Waals surface area contributed by atoms with Gasteiger partial charge in [0.2, 0.25) is 0 Å². The van der Waals surface area contributed by atoms with E-state index in [1.165, 1.54) is 6.42 Å². The molecule has 8 rings (SSSR count). The van der Waals surface area contributed by atoms with Crippen LogP contribution in [0.15, 0.2) is 0 Å². The summed E-state index contributed by atoms with van der Waals surface area (Å²) < 4.78 is 0. The molecule has 8 bridgehead atoms. The van der Waals surface area contributed by atoms with Crippen LogP contribution in [0.1, 0.15) is 97.3 Å². The Kier molecular flexibility index (Phi) is 3.38. The SMILES string of the molecule is CCC(C(C)C12CC3CC(CC(C3)C1)C2)C12CC3CC(CC(C3)C1)C2. The Labute approximate surface area is 155 Å². The Morgan fingerprint density at radius 1 is 0.600 bits per heavy atom. The van der Waals surface area contributed by atoms with Crippen LogP contribution >= 0.6 is 0 Å². The van der Waals surface area contributed by atoms with Crippen molar-refractivity contribution < 1.29 is 0 Å². The van der Waals surface area contributed by atoms with Gasteiger partial charge in [-0.2, -0.15) is 0 Å². The predicted molar refractivity (Wildman–Crippen MR) is 104 cm³/mol. The predicted octanol–water partition coefficient (Wildman–Crippen LogP) is 7.08. The van der Waals surface area contributed by atoms with Gasteiger partial charge in [-0.15, -0.1) is 0 Å². The van der Waals surface area contributed by atoms with Crippen LogP contribution < -0.4 is 0 Å². The molecule has 0 radical (unpaired) electrons. The molecule has 0 aromatic heterocycles. The zero-order valence-electron chi connectivity index (χ0n) is 16.8. The largest absolute Gasteiger partial charge is 0.0651 e. The fraction of sp³-hybridized carbons (Fsp3) is 1.00. The van der Waals surface area contributed by atoms with Gasteiger partial charge in [0.25, 0.3) is 0 Å². The molecule has 0 heteroatoms. The Morgan fingerprint density at radius 3 is 1.24 bits per heavy atom. The van der Waals surface area contributed by atoms with Crippen LogP contribution in [-0.4, -0.2) is 0 Å². The van der Waals surface area contributed by atoms with E-state index >= 15 is 0 Å². The summed E-state index contributed by atoms with van der Waals surface area (Å²) in [7, 11) is 0. The van der Waals surface area contributed by atoms with Crippen LogP contribution in [0.4, 0.5) is 0 Å². The molecule has 0 aromatic rings. The fourth-order valence-electron chi connectivity index (χ4n) is 11.1. The lowest BCUT2D eigenvalue weighted by Gasteiger charge is -2.65. The maximum Gasteiger partial charge on any atom is -0.0259 e. The Balaban J connectivity index is 1.32. The van der Waals surface area contributed by atoms with Crippen LogP contribution in [0.5, 0.6) is 0 Å². The summed E-state index contributed by atoms with van der Waals surface area (Å²) >= 11 is 0. The van der Waals surface area contributed by atoms with Crippen molar-refractivity contribution in [2.75, 3.05) is 0 Å². The average Bonchev–Trinajstić information content (AvgIpc) is 2.52. The molecule has 0 aromatic carbocycles. The number of hydrogen-bond acceptors (Lipinski definition) is 0. The Bertz CT molecular complexity index is 472. The second-order valence-electron chi connectivity index (χ2n) is 12.4. The minimum atomic E-state index is 0.777. The lowest BCUT2D eigenvalue weighted by atomic mass is 9.40. The van der Waals surface area contributed by atoms with E-state index in [1.54, 1.807) is 77.0 Å². The topological polar surface area (TPSA) is 0 Å². The van der Waals surface area contributed by atoms with Gasteiger partial charge >= 0.3 is 0 Å². The monoisotopic (exact) mass is 340 g/mol. The lowest BCUT2D eigenvalue weighted by Crippen LogP contribution is -2.56. The van der Waals surface area contributed by atoms with Crippen molar-refractivity contribution in [3.05, 3.63) is 0 Å². The van der Waals surface area contributed by atoms with Gasteiger partial charge in [0.05, 0.1) is 0 Å². The highest BCUT2D eigenvalue weighted by atomic mass is 14.6. The number of hydrogen-bond donors (Lipinski definition) is 0. The minimum Gasteiger partial charge on any atom is -0.0651 e. The molecule has 0 nitrogen and oxygen atoms in total. The fourth-order valence-corrected chi connectivity index (χ4v) is 11.1. The molecule has 2 unspecified atom stereocenters. The molecule has 8 aliphatic rings. The van der Waals surface area contributed by atoms with Crippen LogP contribution in [0.25, 0.3) is 0 Å².